The lowest BCUT2D eigenvalue weighted by Crippen LogP contribution is -2.44. The molecule has 1 aliphatic carbocycles. The fourth-order valence-electron chi connectivity index (χ4n) is 3.99. The third-order valence-electron chi connectivity index (χ3n) is 5.89. The average molecular weight is 386 g/mol. The van der Waals surface area contributed by atoms with Crippen molar-refractivity contribution in [3.8, 4) is 0 Å². The second-order valence-corrected chi connectivity index (χ2v) is 9.70. The molecule has 0 saturated heterocycles. The van der Waals surface area contributed by atoms with Crippen molar-refractivity contribution in [3.63, 3.8) is 0 Å². The Hall–Kier alpha value is -2.38. The summed E-state index contributed by atoms with van der Waals surface area (Å²) in [5.74, 6) is -0.300. The first-order valence-electron chi connectivity index (χ1n) is 8.94. The molecule has 1 amide bonds. The Kier molecular flexibility index (Phi) is 4.05. The SMILES string of the molecule is CC1C(C(N)=O)=CC=CC1(C)S(=O)(=O)c1ccc2c3c(oc2c1)CNCC3. The summed E-state index contributed by atoms with van der Waals surface area (Å²) in [6, 6.07) is 5.04. The van der Waals surface area contributed by atoms with Crippen molar-refractivity contribution in [3.05, 3.63) is 53.3 Å². The minimum absolute atomic E-state index is 0.179. The molecule has 3 N–H and O–H groups in total. The number of nitrogens with two attached hydrogens (primary N) is 1. The number of allylic oxidation sites excluding steroid dienone is 2. The van der Waals surface area contributed by atoms with Crippen LogP contribution in [0.3, 0.4) is 0 Å². The van der Waals surface area contributed by atoms with Crippen molar-refractivity contribution in [1.29, 1.82) is 0 Å². The predicted octanol–water partition coefficient (Wildman–Crippen LogP) is 2.23. The molecule has 4 rings (SSSR count). The van der Waals surface area contributed by atoms with Gasteiger partial charge in [-0.15, -0.1) is 0 Å². The van der Waals surface area contributed by atoms with Crippen molar-refractivity contribution in [2.75, 3.05) is 6.54 Å². The van der Waals surface area contributed by atoms with Crippen LogP contribution < -0.4 is 11.1 Å². The number of hydrogen-bond donors (Lipinski definition) is 2. The molecule has 27 heavy (non-hydrogen) atoms. The lowest BCUT2D eigenvalue weighted by molar-refractivity contribution is -0.115. The third-order valence-corrected chi connectivity index (χ3v) is 8.41. The lowest BCUT2D eigenvalue weighted by atomic mass is 9.83. The Labute approximate surface area is 158 Å². The largest absolute Gasteiger partial charge is 0.459 e. The van der Waals surface area contributed by atoms with E-state index < -0.39 is 26.4 Å². The van der Waals surface area contributed by atoms with Gasteiger partial charge in [-0.05, 0) is 32.0 Å². The van der Waals surface area contributed by atoms with E-state index in [0.717, 1.165) is 29.7 Å². The fraction of sp³-hybridized carbons (Fsp3) is 0.350. The van der Waals surface area contributed by atoms with Gasteiger partial charge in [0.15, 0.2) is 9.84 Å². The summed E-state index contributed by atoms with van der Waals surface area (Å²) in [6.45, 7) is 4.87. The Bertz CT molecular complexity index is 1110. The van der Waals surface area contributed by atoms with Gasteiger partial charge in [0, 0.05) is 28.5 Å². The zero-order valence-electron chi connectivity index (χ0n) is 15.3. The number of carbonyl (C=O) groups excluding carboxylic acids is 1. The van der Waals surface area contributed by atoms with Gasteiger partial charge in [0.2, 0.25) is 5.91 Å². The van der Waals surface area contributed by atoms with E-state index in [2.05, 4.69) is 5.32 Å². The Balaban J connectivity index is 1.81. The van der Waals surface area contributed by atoms with Crippen LogP contribution >= 0.6 is 0 Å². The van der Waals surface area contributed by atoms with Crippen LogP contribution in [0.15, 0.2) is 51.3 Å². The monoisotopic (exact) mass is 386 g/mol. The summed E-state index contributed by atoms with van der Waals surface area (Å²) in [5.41, 5.74) is 7.46. The molecule has 2 heterocycles. The van der Waals surface area contributed by atoms with E-state index in [0.29, 0.717) is 17.7 Å². The van der Waals surface area contributed by atoms with E-state index >= 15 is 0 Å². The molecule has 2 aromatic rings. The molecule has 0 fully saturated rings. The van der Waals surface area contributed by atoms with Crippen LogP contribution in [0, 0.1) is 5.92 Å². The second-order valence-electron chi connectivity index (χ2n) is 7.34. The van der Waals surface area contributed by atoms with Gasteiger partial charge in [0.25, 0.3) is 0 Å². The van der Waals surface area contributed by atoms with E-state index in [1.165, 1.54) is 0 Å². The predicted molar refractivity (Wildman–Crippen MR) is 103 cm³/mol. The van der Waals surface area contributed by atoms with Crippen LogP contribution in [0.4, 0.5) is 0 Å². The second kappa shape index (κ2) is 6.07. The number of fused-ring (bicyclic) bond motifs is 3. The zero-order valence-corrected chi connectivity index (χ0v) is 16.1. The number of furan rings is 1. The summed E-state index contributed by atoms with van der Waals surface area (Å²) in [4.78, 5) is 11.9. The van der Waals surface area contributed by atoms with E-state index in [4.69, 9.17) is 10.2 Å². The molecule has 7 heteroatoms. The minimum Gasteiger partial charge on any atom is -0.459 e. The summed E-state index contributed by atoms with van der Waals surface area (Å²) < 4.78 is 31.6. The fourth-order valence-corrected chi connectivity index (χ4v) is 5.86. The van der Waals surface area contributed by atoms with Crippen LogP contribution in [0.25, 0.3) is 11.0 Å². The molecule has 142 valence electrons. The first-order chi connectivity index (χ1) is 12.8. The normalized spacial score (nSPS) is 25.3. The quantitative estimate of drug-likeness (QED) is 0.842. The molecular formula is C20H22N2O4S. The minimum atomic E-state index is -3.78. The highest BCUT2D eigenvalue weighted by Gasteiger charge is 2.46. The van der Waals surface area contributed by atoms with E-state index in [1.807, 2.05) is 6.07 Å². The number of benzene rings is 1. The molecule has 6 nitrogen and oxygen atoms in total. The van der Waals surface area contributed by atoms with Crippen LogP contribution in [0.1, 0.15) is 25.2 Å². The van der Waals surface area contributed by atoms with Gasteiger partial charge >= 0.3 is 0 Å². The van der Waals surface area contributed by atoms with Crippen molar-refractivity contribution in [2.45, 2.75) is 36.5 Å². The van der Waals surface area contributed by atoms with Crippen LogP contribution in [0.2, 0.25) is 0 Å². The number of primary amides is 1. The van der Waals surface area contributed by atoms with Crippen LogP contribution in [0.5, 0.6) is 0 Å². The Morgan fingerprint density at radius 3 is 2.89 bits per heavy atom. The molecule has 1 aromatic heterocycles. The maximum atomic E-state index is 13.5. The third kappa shape index (κ3) is 2.56. The molecule has 0 saturated carbocycles. The molecule has 2 unspecified atom stereocenters. The van der Waals surface area contributed by atoms with Gasteiger partial charge in [0.05, 0.1) is 16.2 Å². The molecule has 0 bridgehead atoms. The molecule has 1 aliphatic heterocycles. The van der Waals surface area contributed by atoms with Gasteiger partial charge < -0.3 is 15.5 Å². The van der Waals surface area contributed by atoms with E-state index in [-0.39, 0.29) is 4.90 Å². The lowest BCUT2D eigenvalue weighted by Gasteiger charge is -2.35. The van der Waals surface area contributed by atoms with Gasteiger partial charge in [-0.25, -0.2) is 8.42 Å². The summed E-state index contributed by atoms with van der Waals surface area (Å²) in [5, 5.41) is 4.21. The van der Waals surface area contributed by atoms with Gasteiger partial charge in [-0.1, -0.05) is 25.2 Å². The Morgan fingerprint density at radius 2 is 2.15 bits per heavy atom. The van der Waals surface area contributed by atoms with Crippen LogP contribution in [-0.4, -0.2) is 25.6 Å². The topological polar surface area (TPSA) is 102 Å². The van der Waals surface area contributed by atoms with Crippen molar-refractivity contribution < 1.29 is 17.6 Å². The van der Waals surface area contributed by atoms with Crippen molar-refractivity contribution in [2.24, 2.45) is 11.7 Å². The number of carbonyl (C=O) groups is 1. The maximum absolute atomic E-state index is 13.5. The standard InChI is InChI=1S/C20H22N2O4S/c1-12-14(19(21)23)4-3-8-20(12,2)27(24,25)13-5-6-15-16-7-9-22-11-18(16)26-17(15)10-13/h3-6,8,10,12,22H,7,9,11H2,1-2H3,(H2,21,23). The summed E-state index contributed by atoms with van der Waals surface area (Å²) >= 11 is 0. The summed E-state index contributed by atoms with van der Waals surface area (Å²) in [6.07, 6.45) is 5.66. The number of hydrogen-bond acceptors (Lipinski definition) is 5. The maximum Gasteiger partial charge on any atom is 0.244 e. The highest BCUT2D eigenvalue weighted by atomic mass is 32.2. The van der Waals surface area contributed by atoms with E-state index in [9.17, 15) is 13.2 Å². The average Bonchev–Trinajstić information content (AvgIpc) is 3.01. The number of rotatable bonds is 3. The molecule has 0 spiro atoms. The smallest absolute Gasteiger partial charge is 0.244 e. The number of sulfone groups is 1. The van der Waals surface area contributed by atoms with Gasteiger partial charge in [0.1, 0.15) is 11.3 Å². The molecule has 0 radical (unpaired) electrons. The van der Waals surface area contributed by atoms with Crippen LogP contribution in [-0.2, 0) is 27.6 Å². The number of amides is 1. The highest BCUT2D eigenvalue weighted by Crippen LogP contribution is 2.41. The van der Waals surface area contributed by atoms with Crippen molar-refractivity contribution in [1.82, 2.24) is 5.32 Å². The highest BCUT2D eigenvalue weighted by molar-refractivity contribution is 7.93. The molecular weight excluding hydrogens is 364 g/mol. The summed E-state index contributed by atoms with van der Waals surface area (Å²) in [7, 11) is -3.78. The molecule has 2 atom stereocenters. The zero-order chi connectivity index (χ0) is 19.4. The van der Waals surface area contributed by atoms with E-state index in [1.54, 1.807) is 44.2 Å². The molecule has 2 aliphatic rings. The first-order valence-corrected chi connectivity index (χ1v) is 10.4. The molecule has 1 aromatic carbocycles. The van der Waals surface area contributed by atoms with Gasteiger partial charge in [-0.3, -0.25) is 4.79 Å². The van der Waals surface area contributed by atoms with Crippen molar-refractivity contribution >= 4 is 26.7 Å². The Morgan fingerprint density at radius 1 is 1.37 bits per heavy atom. The first kappa shape index (κ1) is 18.0. The van der Waals surface area contributed by atoms with Gasteiger partial charge in [-0.2, -0.15) is 0 Å². The number of nitrogens with one attached hydrogen (secondary N) is 1.